The number of hydrogen-bond acceptors (Lipinski definition) is 3. The molecule has 3 atom stereocenters. The highest BCUT2D eigenvalue weighted by Gasteiger charge is 2.26. The van der Waals surface area contributed by atoms with Crippen LogP contribution in [0.4, 0.5) is 0 Å². The molecule has 16 heavy (non-hydrogen) atoms. The molecule has 3 heteroatoms. The van der Waals surface area contributed by atoms with Gasteiger partial charge in [-0.25, -0.2) is 0 Å². The Labute approximate surface area is 99.1 Å². The molecule has 0 aromatic carbocycles. The van der Waals surface area contributed by atoms with Gasteiger partial charge in [0.2, 0.25) is 0 Å². The van der Waals surface area contributed by atoms with Crippen LogP contribution in [0.2, 0.25) is 0 Å². The van der Waals surface area contributed by atoms with E-state index in [4.69, 9.17) is 9.47 Å². The van der Waals surface area contributed by atoms with Crippen LogP contribution in [0.5, 0.6) is 0 Å². The first-order valence-corrected chi connectivity index (χ1v) is 6.48. The summed E-state index contributed by atoms with van der Waals surface area (Å²) in [4.78, 5) is 0. The largest absolute Gasteiger partial charge is 0.393 e. The lowest BCUT2D eigenvalue weighted by atomic mass is 9.78. The smallest absolute Gasteiger partial charge is 0.0700 e. The molecule has 0 heterocycles. The van der Waals surface area contributed by atoms with E-state index in [1.54, 1.807) is 7.11 Å². The van der Waals surface area contributed by atoms with E-state index in [0.29, 0.717) is 19.1 Å². The van der Waals surface area contributed by atoms with E-state index in [2.05, 4.69) is 6.92 Å². The summed E-state index contributed by atoms with van der Waals surface area (Å²) in [6.07, 6.45) is 5.42. The average Bonchev–Trinajstić information content (AvgIpc) is 2.28. The van der Waals surface area contributed by atoms with E-state index in [-0.39, 0.29) is 6.10 Å². The number of methoxy groups -OCH3 is 1. The monoisotopic (exact) mass is 230 g/mol. The molecule has 0 radical (unpaired) electrons. The van der Waals surface area contributed by atoms with E-state index in [9.17, 15) is 5.11 Å². The molecule has 1 rings (SSSR count). The molecule has 0 aliphatic heterocycles. The van der Waals surface area contributed by atoms with Crippen LogP contribution in [0.15, 0.2) is 0 Å². The predicted octanol–water partition coefficient (Wildman–Crippen LogP) is 2.23. The number of rotatable bonds is 7. The van der Waals surface area contributed by atoms with Gasteiger partial charge in [0.15, 0.2) is 0 Å². The fourth-order valence-electron chi connectivity index (χ4n) is 2.48. The maximum Gasteiger partial charge on any atom is 0.0700 e. The van der Waals surface area contributed by atoms with Crippen LogP contribution in [0, 0.1) is 11.8 Å². The van der Waals surface area contributed by atoms with Crippen LogP contribution in [-0.2, 0) is 9.47 Å². The molecule has 0 spiro atoms. The van der Waals surface area contributed by atoms with Crippen LogP contribution in [0.3, 0.4) is 0 Å². The molecule has 1 fully saturated rings. The Morgan fingerprint density at radius 2 is 2.00 bits per heavy atom. The normalized spacial score (nSPS) is 30.6. The highest BCUT2D eigenvalue weighted by atomic mass is 16.5. The third-order valence-electron chi connectivity index (χ3n) is 3.50. The van der Waals surface area contributed by atoms with Gasteiger partial charge in [-0.2, -0.15) is 0 Å². The lowest BCUT2D eigenvalue weighted by Crippen LogP contribution is -2.28. The summed E-state index contributed by atoms with van der Waals surface area (Å²) in [7, 11) is 1.68. The van der Waals surface area contributed by atoms with Crippen molar-refractivity contribution in [3.8, 4) is 0 Å². The number of hydrogen-bond donors (Lipinski definition) is 1. The van der Waals surface area contributed by atoms with Crippen molar-refractivity contribution in [3.05, 3.63) is 0 Å². The van der Waals surface area contributed by atoms with Gasteiger partial charge in [0.25, 0.3) is 0 Å². The van der Waals surface area contributed by atoms with Crippen LogP contribution >= 0.6 is 0 Å². The van der Waals surface area contributed by atoms with Gasteiger partial charge in [-0.3, -0.25) is 0 Å². The van der Waals surface area contributed by atoms with Gasteiger partial charge in [-0.1, -0.05) is 6.92 Å². The van der Waals surface area contributed by atoms with Crippen molar-refractivity contribution in [1.82, 2.24) is 0 Å². The maximum atomic E-state index is 9.87. The Kier molecular flexibility index (Phi) is 7.01. The quantitative estimate of drug-likeness (QED) is 0.682. The van der Waals surface area contributed by atoms with Crippen molar-refractivity contribution in [1.29, 1.82) is 0 Å². The van der Waals surface area contributed by atoms with Crippen molar-refractivity contribution in [3.63, 3.8) is 0 Å². The summed E-state index contributed by atoms with van der Waals surface area (Å²) in [6, 6.07) is 0. The third-order valence-corrected chi connectivity index (χ3v) is 3.50. The Bertz CT molecular complexity index is 173. The summed E-state index contributed by atoms with van der Waals surface area (Å²) in [5, 5.41) is 9.87. The van der Waals surface area contributed by atoms with E-state index in [0.717, 1.165) is 31.8 Å². The Hall–Kier alpha value is -0.120. The molecule has 0 amide bonds. The first-order valence-electron chi connectivity index (χ1n) is 6.48. The molecule has 0 saturated heterocycles. The van der Waals surface area contributed by atoms with Crippen LogP contribution < -0.4 is 0 Å². The zero-order valence-corrected chi connectivity index (χ0v) is 10.7. The fraction of sp³-hybridized carbons (Fsp3) is 1.00. The van der Waals surface area contributed by atoms with Gasteiger partial charge in [0.1, 0.15) is 0 Å². The highest BCUT2D eigenvalue weighted by molar-refractivity contribution is 4.77. The summed E-state index contributed by atoms with van der Waals surface area (Å²) >= 11 is 0. The predicted molar refractivity (Wildman–Crippen MR) is 64.4 cm³/mol. The average molecular weight is 230 g/mol. The van der Waals surface area contributed by atoms with Crippen molar-refractivity contribution < 1.29 is 14.6 Å². The summed E-state index contributed by atoms with van der Waals surface area (Å²) in [5.74, 6) is 1.28. The molecular formula is C13H26O3. The number of aliphatic hydroxyl groups is 1. The number of ether oxygens (including phenoxy) is 2. The van der Waals surface area contributed by atoms with Gasteiger partial charge in [-0.15, -0.1) is 0 Å². The highest BCUT2D eigenvalue weighted by Crippen LogP contribution is 2.31. The van der Waals surface area contributed by atoms with Crippen molar-refractivity contribution in [2.45, 2.75) is 45.1 Å². The Morgan fingerprint density at radius 3 is 2.75 bits per heavy atom. The van der Waals surface area contributed by atoms with Gasteiger partial charge >= 0.3 is 0 Å². The summed E-state index contributed by atoms with van der Waals surface area (Å²) in [5.41, 5.74) is 0. The molecule has 3 nitrogen and oxygen atoms in total. The SMILES string of the molecule is COCCOCCCC1CC(C)CCC1O. The minimum Gasteiger partial charge on any atom is -0.393 e. The fourth-order valence-corrected chi connectivity index (χ4v) is 2.48. The van der Waals surface area contributed by atoms with Crippen molar-refractivity contribution >= 4 is 0 Å². The Balaban J connectivity index is 2.02. The van der Waals surface area contributed by atoms with Gasteiger partial charge in [0.05, 0.1) is 19.3 Å². The third kappa shape index (κ3) is 5.28. The van der Waals surface area contributed by atoms with Crippen LogP contribution in [0.25, 0.3) is 0 Å². The molecule has 3 unspecified atom stereocenters. The lowest BCUT2D eigenvalue weighted by molar-refractivity contribution is 0.0339. The first kappa shape index (κ1) is 13.9. The van der Waals surface area contributed by atoms with Crippen LogP contribution in [-0.4, -0.2) is 38.1 Å². The van der Waals surface area contributed by atoms with E-state index >= 15 is 0 Å². The van der Waals surface area contributed by atoms with E-state index in [1.807, 2.05) is 0 Å². The van der Waals surface area contributed by atoms with Crippen molar-refractivity contribution in [2.24, 2.45) is 11.8 Å². The molecule has 1 aliphatic rings. The van der Waals surface area contributed by atoms with Crippen molar-refractivity contribution in [2.75, 3.05) is 26.9 Å². The minimum atomic E-state index is -0.0739. The zero-order valence-electron chi connectivity index (χ0n) is 10.7. The minimum absolute atomic E-state index is 0.0739. The van der Waals surface area contributed by atoms with Gasteiger partial charge < -0.3 is 14.6 Å². The molecule has 96 valence electrons. The lowest BCUT2D eigenvalue weighted by Gasteiger charge is -2.31. The van der Waals surface area contributed by atoms with E-state index < -0.39 is 0 Å². The zero-order chi connectivity index (χ0) is 11.8. The second-order valence-corrected chi connectivity index (χ2v) is 4.99. The second-order valence-electron chi connectivity index (χ2n) is 4.99. The first-order chi connectivity index (χ1) is 7.74. The molecular weight excluding hydrogens is 204 g/mol. The summed E-state index contributed by atoms with van der Waals surface area (Å²) in [6.45, 7) is 4.43. The van der Waals surface area contributed by atoms with Gasteiger partial charge in [-0.05, 0) is 43.9 Å². The molecule has 1 aliphatic carbocycles. The maximum absolute atomic E-state index is 9.87. The summed E-state index contributed by atoms with van der Waals surface area (Å²) < 4.78 is 10.3. The van der Waals surface area contributed by atoms with E-state index in [1.165, 1.54) is 12.8 Å². The molecule has 0 bridgehead atoms. The number of aliphatic hydroxyl groups excluding tert-OH is 1. The Morgan fingerprint density at radius 1 is 1.19 bits per heavy atom. The van der Waals surface area contributed by atoms with Gasteiger partial charge in [0, 0.05) is 13.7 Å². The molecule has 0 aromatic heterocycles. The van der Waals surface area contributed by atoms with Crippen LogP contribution in [0.1, 0.15) is 39.0 Å². The molecule has 1 saturated carbocycles. The second kappa shape index (κ2) is 8.04. The standard InChI is InChI=1S/C13H26O3/c1-11-5-6-13(14)12(10-11)4-3-7-16-9-8-15-2/h11-14H,3-10H2,1-2H3. The molecule has 1 N–H and O–H groups in total. The molecule has 0 aromatic rings. The topological polar surface area (TPSA) is 38.7 Å².